The number of carbonyl (C=O) groups excluding carboxylic acids is 2. The number of aromatic nitrogens is 2. The second kappa shape index (κ2) is 9.00. The van der Waals surface area contributed by atoms with Gasteiger partial charge in [0.05, 0.1) is 10.5 Å². The van der Waals surface area contributed by atoms with Gasteiger partial charge in [0.1, 0.15) is 0 Å². The van der Waals surface area contributed by atoms with Gasteiger partial charge in [-0.2, -0.15) is 0 Å². The summed E-state index contributed by atoms with van der Waals surface area (Å²) in [6.45, 7) is -0.536. The van der Waals surface area contributed by atoms with Gasteiger partial charge in [0.25, 0.3) is 5.69 Å². The first-order valence-corrected chi connectivity index (χ1v) is 9.45. The number of rotatable bonds is 7. The van der Waals surface area contributed by atoms with Crippen molar-refractivity contribution >= 4 is 17.4 Å². The summed E-state index contributed by atoms with van der Waals surface area (Å²) >= 11 is 0. The highest BCUT2D eigenvalue weighted by atomic mass is 16.6. The van der Waals surface area contributed by atoms with Crippen LogP contribution in [0.15, 0.2) is 83.3 Å². The molecular formula is C23H15N3O6. The van der Waals surface area contributed by atoms with Crippen LogP contribution in [0.2, 0.25) is 0 Å². The van der Waals surface area contributed by atoms with Crippen molar-refractivity contribution < 1.29 is 23.7 Å². The minimum atomic E-state index is -0.703. The quantitative estimate of drug-likeness (QED) is 0.184. The first-order chi connectivity index (χ1) is 15.5. The van der Waals surface area contributed by atoms with E-state index in [1.807, 2.05) is 30.3 Å². The number of esters is 1. The molecular weight excluding hydrogens is 414 g/mol. The fraction of sp³-hybridized carbons (Fsp3) is 0.0435. The molecule has 0 aliphatic heterocycles. The highest BCUT2D eigenvalue weighted by Gasteiger charge is 2.16. The number of ketones is 1. The molecule has 0 N–H and O–H groups in total. The maximum absolute atomic E-state index is 12.3. The first-order valence-electron chi connectivity index (χ1n) is 9.45. The average Bonchev–Trinajstić information content (AvgIpc) is 3.33. The number of nitro benzene ring substituents is 1. The van der Waals surface area contributed by atoms with E-state index in [9.17, 15) is 19.7 Å². The number of ether oxygens (including phenoxy) is 1. The van der Waals surface area contributed by atoms with Gasteiger partial charge in [0, 0.05) is 28.8 Å². The summed E-state index contributed by atoms with van der Waals surface area (Å²) in [5.41, 5.74) is 1.51. The molecule has 0 radical (unpaired) electrons. The molecule has 0 aliphatic rings. The molecule has 0 unspecified atom stereocenters. The minimum absolute atomic E-state index is 0.0907. The number of nitrogens with zero attached hydrogens (tertiary/aromatic N) is 3. The lowest BCUT2D eigenvalue weighted by Gasteiger charge is -2.05. The van der Waals surface area contributed by atoms with E-state index in [1.54, 1.807) is 12.1 Å². The van der Waals surface area contributed by atoms with Crippen LogP contribution < -0.4 is 0 Å². The Balaban J connectivity index is 1.39. The van der Waals surface area contributed by atoms with Crippen LogP contribution in [0.4, 0.5) is 5.69 Å². The zero-order chi connectivity index (χ0) is 22.5. The zero-order valence-electron chi connectivity index (χ0n) is 16.5. The maximum atomic E-state index is 12.3. The number of Topliss-reactive ketones (excluding diaryl/α,β-unsaturated/α-hetero) is 1. The van der Waals surface area contributed by atoms with Crippen molar-refractivity contribution in [3.8, 4) is 22.9 Å². The summed E-state index contributed by atoms with van der Waals surface area (Å²) in [6, 6.07) is 20.8. The molecule has 0 spiro atoms. The SMILES string of the molecule is O=C(COC(=O)c1ccc(-c2nnc(-c3ccccc3)o2)cc1)c1cccc([N+](=O)[O-])c1. The lowest BCUT2D eigenvalue weighted by atomic mass is 10.1. The molecule has 32 heavy (non-hydrogen) atoms. The molecule has 0 aliphatic carbocycles. The van der Waals surface area contributed by atoms with Crippen LogP contribution in [0.3, 0.4) is 0 Å². The van der Waals surface area contributed by atoms with Crippen LogP contribution in [0.5, 0.6) is 0 Å². The van der Waals surface area contributed by atoms with E-state index in [1.165, 1.54) is 30.3 Å². The summed E-state index contributed by atoms with van der Waals surface area (Å²) in [5, 5.41) is 18.9. The number of hydrogen-bond donors (Lipinski definition) is 0. The second-order valence-electron chi connectivity index (χ2n) is 6.66. The van der Waals surface area contributed by atoms with Gasteiger partial charge < -0.3 is 9.15 Å². The highest BCUT2D eigenvalue weighted by molar-refractivity contribution is 5.99. The van der Waals surface area contributed by atoms with Crippen LogP contribution in [0, 0.1) is 10.1 Å². The number of nitro groups is 1. The van der Waals surface area contributed by atoms with E-state index >= 15 is 0 Å². The second-order valence-corrected chi connectivity index (χ2v) is 6.66. The zero-order valence-corrected chi connectivity index (χ0v) is 16.5. The maximum Gasteiger partial charge on any atom is 0.338 e. The number of carbonyl (C=O) groups is 2. The molecule has 4 rings (SSSR count). The number of non-ortho nitro benzene ring substituents is 1. The lowest BCUT2D eigenvalue weighted by Crippen LogP contribution is -2.14. The predicted octanol–water partition coefficient (Wildman–Crippen LogP) is 4.35. The smallest absolute Gasteiger partial charge is 0.338 e. The van der Waals surface area contributed by atoms with Crippen molar-refractivity contribution in [3.63, 3.8) is 0 Å². The van der Waals surface area contributed by atoms with Gasteiger partial charge in [0.2, 0.25) is 17.6 Å². The van der Waals surface area contributed by atoms with Crippen LogP contribution in [-0.4, -0.2) is 33.5 Å². The largest absolute Gasteiger partial charge is 0.454 e. The Hall–Kier alpha value is -4.66. The third kappa shape index (κ3) is 4.57. The number of hydrogen-bond acceptors (Lipinski definition) is 8. The molecule has 0 saturated heterocycles. The van der Waals surface area contributed by atoms with Crippen molar-refractivity contribution in [1.82, 2.24) is 10.2 Å². The Labute approximate surface area is 181 Å². The Bertz CT molecular complexity index is 1280. The van der Waals surface area contributed by atoms with E-state index in [0.717, 1.165) is 11.6 Å². The van der Waals surface area contributed by atoms with Crippen LogP contribution in [0.1, 0.15) is 20.7 Å². The third-order valence-electron chi connectivity index (χ3n) is 4.53. The molecule has 9 nitrogen and oxygen atoms in total. The van der Waals surface area contributed by atoms with Crippen molar-refractivity contribution in [2.24, 2.45) is 0 Å². The lowest BCUT2D eigenvalue weighted by molar-refractivity contribution is -0.384. The average molecular weight is 429 g/mol. The van der Waals surface area contributed by atoms with Gasteiger partial charge in [-0.25, -0.2) is 4.79 Å². The monoisotopic (exact) mass is 429 g/mol. The van der Waals surface area contributed by atoms with E-state index in [0.29, 0.717) is 17.3 Å². The van der Waals surface area contributed by atoms with E-state index < -0.39 is 23.3 Å². The Kier molecular flexibility index (Phi) is 5.80. The van der Waals surface area contributed by atoms with Gasteiger partial charge in [-0.3, -0.25) is 14.9 Å². The van der Waals surface area contributed by atoms with Crippen LogP contribution >= 0.6 is 0 Å². The molecule has 0 fully saturated rings. The minimum Gasteiger partial charge on any atom is -0.454 e. The summed E-state index contributed by atoms with van der Waals surface area (Å²) in [6.07, 6.45) is 0. The van der Waals surface area contributed by atoms with Crippen molar-refractivity contribution in [1.29, 1.82) is 0 Å². The molecule has 0 amide bonds. The molecule has 1 heterocycles. The highest BCUT2D eigenvalue weighted by Crippen LogP contribution is 2.24. The predicted molar refractivity (Wildman–Crippen MR) is 113 cm³/mol. The molecule has 0 atom stereocenters. The summed E-state index contributed by atoms with van der Waals surface area (Å²) in [4.78, 5) is 34.7. The third-order valence-corrected chi connectivity index (χ3v) is 4.53. The van der Waals surface area contributed by atoms with Gasteiger partial charge in [-0.1, -0.05) is 30.3 Å². The molecule has 3 aromatic carbocycles. The normalized spacial score (nSPS) is 10.5. The van der Waals surface area contributed by atoms with Crippen LogP contribution in [-0.2, 0) is 4.74 Å². The van der Waals surface area contributed by atoms with Gasteiger partial charge in [0.15, 0.2) is 6.61 Å². The molecule has 0 saturated carbocycles. The van der Waals surface area contributed by atoms with E-state index in [-0.39, 0.29) is 16.8 Å². The summed E-state index contributed by atoms with van der Waals surface area (Å²) < 4.78 is 10.7. The van der Waals surface area contributed by atoms with Gasteiger partial charge >= 0.3 is 5.97 Å². The summed E-state index contributed by atoms with van der Waals surface area (Å²) in [7, 11) is 0. The Morgan fingerprint density at radius 1 is 0.844 bits per heavy atom. The van der Waals surface area contributed by atoms with E-state index in [4.69, 9.17) is 9.15 Å². The topological polar surface area (TPSA) is 125 Å². The molecule has 1 aromatic heterocycles. The van der Waals surface area contributed by atoms with E-state index in [2.05, 4.69) is 10.2 Å². The number of benzene rings is 3. The fourth-order valence-corrected chi connectivity index (χ4v) is 2.88. The standard InChI is InChI=1S/C23H15N3O6/c27-20(18-7-4-8-19(13-18)26(29)30)14-31-23(28)17-11-9-16(10-12-17)22-25-24-21(32-22)15-5-2-1-3-6-15/h1-13H,14H2. The van der Waals surface area contributed by atoms with Gasteiger partial charge in [-0.15, -0.1) is 10.2 Å². The molecule has 0 bridgehead atoms. The first kappa shape index (κ1) is 20.6. The van der Waals surface area contributed by atoms with Crippen LogP contribution in [0.25, 0.3) is 22.9 Å². The molecule has 4 aromatic rings. The Morgan fingerprint density at radius 2 is 1.50 bits per heavy atom. The van der Waals surface area contributed by atoms with Gasteiger partial charge in [-0.05, 0) is 36.4 Å². The Morgan fingerprint density at radius 3 is 2.16 bits per heavy atom. The molecule has 9 heteroatoms. The molecule has 158 valence electrons. The van der Waals surface area contributed by atoms with Crippen molar-refractivity contribution in [3.05, 3.63) is 100 Å². The summed E-state index contributed by atoms with van der Waals surface area (Å²) in [5.74, 6) is -0.572. The van der Waals surface area contributed by atoms with Crippen molar-refractivity contribution in [2.45, 2.75) is 0 Å². The fourth-order valence-electron chi connectivity index (χ4n) is 2.88. The van der Waals surface area contributed by atoms with Crippen molar-refractivity contribution in [2.75, 3.05) is 6.61 Å².